The minimum Gasteiger partial charge on any atom is -0.392 e. The number of aliphatic hydroxyl groups is 1. The van der Waals surface area contributed by atoms with E-state index in [4.69, 9.17) is 0 Å². The van der Waals surface area contributed by atoms with E-state index in [-0.39, 0.29) is 6.10 Å². The fourth-order valence-electron chi connectivity index (χ4n) is 1.80. The molecule has 1 rings (SSSR count). The van der Waals surface area contributed by atoms with Gasteiger partial charge in [-0.2, -0.15) is 0 Å². The number of hydrogen-bond acceptors (Lipinski definition) is 3. The van der Waals surface area contributed by atoms with Crippen molar-refractivity contribution in [2.24, 2.45) is 0 Å². The van der Waals surface area contributed by atoms with Gasteiger partial charge in [0.2, 0.25) is 0 Å². The van der Waals surface area contributed by atoms with Crippen molar-refractivity contribution in [1.82, 2.24) is 9.80 Å². The van der Waals surface area contributed by atoms with Gasteiger partial charge in [0.15, 0.2) is 0 Å². The predicted molar refractivity (Wildman–Crippen MR) is 59.2 cm³/mol. The number of aliphatic hydroxyl groups excluding tert-OH is 1. The van der Waals surface area contributed by atoms with E-state index in [1.165, 1.54) is 0 Å². The third-order valence-corrected chi connectivity index (χ3v) is 2.85. The van der Waals surface area contributed by atoms with Crippen molar-refractivity contribution in [3.63, 3.8) is 0 Å². The molecular formula is C11H23N2O. The molecule has 0 amide bonds. The molecule has 1 unspecified atom stereocenters. The Morgan fingerprint density at radius 3 is 2.50 bits per heavy atom. The Morgan fingerprint density at radius 2 is 1.93 bits per heavy atom. The largest absolute Gasteiger partial charge is 0.392 e. The van der Waals surface area contributed by atoms with E-state index < -0.39 is 0 Å². The van der Waals surface area contributed by atoms with Gasteiger partial charge in [-0.25, -0.2) is 0 Å². The Hall–Kier alpha value is -0.120. The minimum absolute atomic E-state index is 0.153. The summed E-state index contributed by atoms with van der Waals surface area (Å²) in [5.41, 5.74) is 0. The summed E-state index contributed by atoms with van der Waals surface area (Å²) in [6, 6.07) is 0. The van der Waals surface area contributed by atoms with Gasteiger partial charge in [0.25, 0.3) is 0 Å². The molecular weight excluding hydrogens is 176 g/mol. The van der Waals surface area contributed by atoms with Crippen LogP contribution in [0.5, 0.6) is 0 Å². The van der Waals surface area contributed by atoms with E-state index in [9.17, 15) is 5.11 Å². The lowest BCUT2D eigenvalue weighted by Crippen LogP contribution is -2.46. The van der Waals surface area contributed by atoms with Gasteiger partial charge in [-0.3, -0.25) is 4.90 Å². The van der Waals surface area contributed by atoms with Crippen molar-refractivity contribution in [3.05, 3.63) is 6.92 Å². The van der Waals surface area contributed by atoms with Crippen molar-refractivity contribution in [3.8, 4) is 0 Å². The molecule has 14 heavy (non-hydrogen) atoms. The van der Waals surface area contributed by atoms with Gasteiger partial charge in [0, 0.05) is 32.7 Å². The number of β-amino-alcohol motifs (C(OH)–C–C–N with tert-alkyl or cyclic N) is 1. The number of piperazine rings is 1. The molecule has 1 heterocycles. The van der Waals surface area contributed by atoms with Crippen LogP contribution in [0.4, 0.5) is 0 Å². The van der Waals surface area contributed by atoms with E-state index in [1.807, 2.05) is 0 Å². The Kier molecular flexibility index (Phi) is 5.45. The third kappa shape index (κ3) is 4.40. The van der Waals surface area contributed by atoms with E-state index in [1.54, 1.807) is 0 Å². The van der Waals surface area contributed by atoms with Crippen LogP contribution in [0.2, 0.25) is 0 Å². The summed E-state index contributed by atoms with van der Waals surface area (Å²) in [5.74, 6) is 0. The van der Waals surface area contributed by atoms with Crippen LogP contribution in [0.1, 0.15) is 19.3 Å². The highest BCUT2D eigenvalue weighted by molar-refractivity contribution is 4.72. The normalized spacial score (nSPS) is 22.5. The topological polar surface area (TPSA) is 26.7 Å². The molecule has 1 atom stereocenters. The summed E-state index contributed by atoms with van der Waals surface area (Å²) < 4.78 is 0. The Labute approximate surface area is 87.7 Å². The summed E-state index contributed by atoms with van der Waals surface area (Å²) in [7, 11) is 2.15. The van der Waals surface area contributed by atoms with Crippen molar-refractivity contribution in [1.29, 1.82) is 0 Å². The number of rotatable bonds is 5. The zero-order chi connectivity index (χ0) is 10.4. The molecule has 0 aromatic carbocycles. The molecule has 0 aromatic heterocycles. The minimum atomic E-state index is -0.153. The average Bonchev–Trinajstić information content (AvgIpc) is 2.18. The predicted octanol–water partition coefficient (Wildman–Crippen LogP) is 0.599. The fourth-order valence-corrected chi connectivity index (χ4v) is 1.80. The van der Waals surface area contributed by atoms with Crippen LogP contribution in [0.25, 0.3) is 0 Å². The Morgan fingerprint density at radius 1 is 1.29 bits per heavy atom. The highest BCUT2D eigenvalue weighted by Gasteiger charge is 2.16. The molecule has 0 saturated carbocycles. The molecule has 3 heteroatoms. The number of likely N-dealkylation sites (N-methyl/N-ethyl adjacent to an activating group) is 1. The summed E-state index contributed by atoms with van der Waals surface area (Å²) in [6.07, 6.45) is 2.71. The molecule has 0 bridgehead atoms. The van der Waals surface area contributed by atoms with Gasteiger partial charge in [-0.05, 0) is 13.5 Å². The fraction of sp³-hybridized carbons (Fsp3) is 0.909. The molecule has 1 N–H and O–H groups in total. The lowest BCUT2D eigenvalue weighted by atomic mass is 10.1. The van der Waals surface area contributed by atoms with Crippen LogP contribution in [-0.2, 0) is 0 Å². The zero-order valence-corrected chi connectivity index (χ0v) is 9.28. The maximum atomic E-state index is 9.72. The third-order valence-electron chi connectivity index (χ3n) is 2.85. The molecule has 1 radical (unpaired) electrons. The molecule has 0 aromatic rings. The maximum absolute atomic E-state index is 9.72. The van der Waals surface area contributed by atoms with E-state index >= 15 is 0 Å². The van der Waals surface area contributed by atoms with Crippen LogP contribution in [0.3, 0.4) is 0 Å². The SMILES string of the molecule is [CH2]CCCC(O)CN1CCN(C)CC1. The average molecular weight is 199 g/mol. The summed E-state index contributed by atoms with van der Waals surface area (Å²) in [5, 5.41) is 9.72. The number of unbranched alkanes of at least 4 members (excludes halogenated alkanes) is 1. The molecule has 1 aliphatic rings. The van der Waals surface area contributed by atoms with Gasteiger partial charge < -0.3 is 10.0 Å². The van der Waals surface area contributed by atoms with Crippen molar-refractivity contribution in [2.45, 2.75) is 25.4 Å². The summed E-state index contributed by atoms with van der Waals surface area (Å²) in [4.78, 5) is 4.69. The quantitative estimate of drug-likeness (QED) is 0.702. The van der Waals surface area contributed by atoms with Crippen LogP contribution in [0, 0.1) is 6.92 Å². The first-order valence-electron chi connectivity index (χ1n) is 5.60. The zero-order valence-electron chi connectivity index (χ0n) is 9.28. The molecule has 0 aliphatic carbocycles. The van der Waals surface area contributed by atoms with Gasteiger partial charge in [-0.15, -0.1) is 0 Å². The van der Waals surface area contributed by atoms with Gasteiger partial charge in [0.05, 0.1) is 6.10 Å². The number of hydrogen-bond donors (Lipinski definition) is 1. The van der Waals surface area contributed by atoms with E-state index in [0.717, 1.165) is 52.0 Å². The van der Waals surface area contributed by atoms with Crippen molar-refractivity contribution >= 4 is 0 Å². The van der Waals surface area contributed by atoms with Gasteiger partial charge >= 0.3 is 0 Å². The van der Waals surface area contributed by atoms with Crippen LogP contribution in [0.15, 0.2) is 0 Å². The highest BCUT2D eigenvalue weighted by Crippen LogP contribution is 2.05. The molecule has 1 saturated heterocycles. The molecule has 1 aliphatic heterocycles. The summed E-state index contributed by atoms with van der Waals surface area (Å²) in [6.45, 7) is 9.07. The van der Waals surface area contributed by atoms with Crippen LogP contribution < -0.4 is 0 Å². The van der Waals surface area contributed by atoms with Crippen LogP contribution >= 0.6 is 0 Å². The summed E-state index contributed by atoms with van der Waals surface area (Å²) >= 11 is 0. The Bertz CT molecular complexity index is 144. The first-order valence-corrected chi connectivity index (χ1v) is 5.60. The second kappa shape index (κ2) is 6.38. The van der Waals surface area contributed by atoms with E-state index in [0.29, 0.717) is 0 Å². The smallest absolute Gasteiger partial charge is 0.0667 e. The monoisotopic (exact) mass is 199 g/mol. The molecule has 1 fully saturated rings. The molecule has 83 valence electrons. The number of nitrogens with zero attached hydrogens (tertiary/aromatic N) is 2. The maximum Gasteiger partial charge on any atom is 0.0667 e. The Balaban J connectivity index is 2.10. The molecule has 3 nitrogen and oxygen atoms in total. The first kappa shape index (κ1) is 12.0. The second-order valence-electron chi connectivity index (χ2n) is 4.25. The standard InChI is InChI=1S/C11H23N2O/c1-3-4-5-11(14)10-13-8-6-12(2)7-9-13/h11,14H,1,3-10H2,2H3. The van der Waals surface area contributed by atoms with Gasteiger partial charge in [-0.1, -0.05) is 19.8 Å². The van der Waals surface area contributed by atoms with Crippen molar-refractivity contribution in [2.75, 3.05) is 39.8 Å². The lowest BCUT2D eigenvalue weighted by molar-refractivity contribution is 0.0749. The van der Waals surface area contributed by atoms with Crippen molar-refractivity contribution < 1.29 is 5.11 Å². The first-order chi connectivity index (χ1) is 6.72. The molecule has 0 spiro atoms. The van der Waals surface area contributed by atoms with E-state index in [2.05, 4.69) is 23.8 Å². The highest BCUT2D eigenvalue weighted by atomic mass is 16.3. The van der Waals surface area contributed by atoms with Crippen LogP contribution in [-0.4, -0.2) is 60.8 Å². The lowest BCUT2D eigenvalue weighted by Gasteiger charge is -2.33. The van der Waals surface area contributed by atoms with Gasteiger partial charge in [0.1, 0.15) is 0 Å². The second-order valence-corrected chi connectivity index (χ2v) is 4.25.